The smallest absolute Gasteiger partial charge is 0.246 e. The van der Waals surface area contributed by atoms with Crippen LogP contribution >= 0.6 is 22.9 Å². The summed E-state index contributed by atoms with van der Waals surface area (Å²) in [6, 6.07) is 17.8. The fourth-order valence-electron chi connectivity index (χ4n) is 9.17. The largest absolute Gasteiger partial charge is 0.490 e. The molecule has 1 saturated heterocycles. The molecule has 70 heavy (non-hydrogen) atoms. The van der Waals surface area contributed by atoms with Gasteiger partial charge in [0.1, 0.15) is 40.8 Å². The van der Waals surface area contributed by atoms with E-state index >= 15 is 0 Å². The lowest BCUT2D eigenvalue weighted by molar-refractivity contribution is -0.144. The molecule has 0 spiro atoms. The van der Waals surface area contributed by atoms with Crippen LogP contribution in [0.5, 0.6) is 5.75 Å². The number of β-amino-alcohol motifs (C(OH)–C–C–N with tert-alkyl or cyclic N) is 1. The van der Waals surface area contributed by atoms with Crippen molar-refractivity contribution < 1.29 is 37.4 Å². The SMILES string of the molecule is Cc1sc2c(c1C)C(c1ccc(Cl)cc1)=N[C@@H](CC(=O)N[C@H]1C[C@H](Oc3ccc(CC(=O)N[C@H](C(=O)N4C[C@H](O)C[C@H]4C(=O)N[C@H](C)c4ccc(S(C)(=O)=O)cc4)C(C)(C)C)cc3)C1)c1nnc(C)n1-2. The Morgan fingerprint density at radius 2 is 1.59 bits per heavy atom. The van der Waals surface area contributed by atoms with Gasteiger partial charge < -0.3 is 30.7 Å². The number of thiophene rings is 1. The number of nitrogens with one attached hydrogen (secondary N) is 3. The minimum Gasteiger partial charge on any atom is -0.490 e. The van der Waals surface area contributed by atoms with E-state index in [9.17, 15) is 32.7 Å². The van der Waals surface area contributed by atoms with Crippen molar-refractivity contribution >= 4 is 62.1 Å². The van der Waals surface area contributed by atoms with E-state index in [1.807, 2.05) is 56.5 Å². The Morgan fingerprint density at radius 1 is 0.914 bits per heavy atom. The molecule has 2 aliphatic heterocycles. The zero-order valence-electron chi connectivity index (χ0n) is 40.4. The van der Waals surface area contributed by atoms with Crippen LogP contribution in [0.4, 0.5) is 0 Å². The first-order valence-corrected chi connectivity index (χ1v) is 26.4. The lowest BCUT2D eigenvalue weighted by Gasteiger charge is -2.36. The highest BCUT2D eigenvalue weighted by atomic mass is 35.5. The van der Waals surface area contributed by atoms with E-state index in [4.69, 9.17) is 21.3 Å². The van der Waals surface area contributed by atoms with E-state index in [0.29, 0.717) is 40.6 Å². The predicted molar refractivity (Wildman–Crippen MR) is 267 cm³/mol. The second-order valence-electron chi connectivity index (χ2n) is 19.7. The number of aliphatic hydroxyl groups excluding tert-OH is 1. The van der Waals surface area contributed by atoms with Crippen molar-refractivity contribution in [2.24, 2.45) is 10.4 Å². The minimum atomic E-state index is -3.39. The van der Waals surface area contributed by atoms with Crippen LogP contribution < -0.4 is 20.7 Å². The maximum atomic E-state index is 14.2. The Morgan fingerprint density at radius 3 is 2.23 bits per heavy atom. The van der Waals surface area contributed by atoms with E-state index in [1.54, 1.807) is 54.7 Å². The van der Waals surface area contributed by atoms with Crippen molar-refractivity contribution in [1.82, 2.24) is 35.6 Å². The maximum absolute atomic E-state index is 14.2. The maximum Gasteiger partial charge on any atom is 0.246 e. The normalized spacial score (nSPS) is 20.7. The molecule has 2 aromatic heterocycles. The third kappa shape index (κ3) is 11.0. The monoisotopic (exact) mass is 1010 g/mol. The van der Waals surface area contributed by atoms with E-state index in [0.717, 1.165) is 44.4 Å². The van der Waals surface area contributed by atoms with Crippen molar-refractivity contribution in [1.29, 1.82) is 0 Å². The first kappa shape index (κ1) is 50.4. The number of aliphatic hydroxyl groups is 1. The Balaban J connectivity index is 0.837. The number of hydrogen-bond donors (Lipinski definition) is 4. The van der Waals surface area contributed by atoms with Crippen LogP contribution in [0.2, 0.25) is 5.02 Å². The van der Waals surface area contributed by atoms with E-state index < -0.39 is 57.3 Å². The molecule has 5 atom stereocenters. The summed E-state index contributed by atoms with van der Waals surface area (Å²) in [6.45, 7) is 13.2. The first-order valence-electron chi connectivity index (χ1n) is 23.3. The third-order valence-electron chi connectivity index (χ3n) is 13.2. The van der Waals surface area contributed by atoms with E-state index in [-0.39, 0.29) is 54.7 Å². The Hall–Kier alpha value is -5.95. The number of ether oxygens (including phenoxy) is 1. The lowest BCUT2D eigenvalue weighted by atomic mass is 9.85. The predicted octanol–water partition coefficient (Wildman–Crippen LogP) is 6.23. The summed E-state index contributed by atoms with van der Waals surface area (Å²) in [6.07, 6.45) is 1.38. The number of aromatic nitrogens is 3. The van der Waals surface area contributed by atoms with Crippen LogP contribution in [0.1, 0.15) is 110 Å². The van der Waals surface area contributed by atoms with Crippen LogP contribution in [0.25, 0.3) is 5.00 Å². The van der Waals surface area contributed by atoms with Crippen molar-refractivity contribution in [3.63, 3.8) is 0 Å². The van der Waals surface area contributed by atoms with Gasteiger partial charge in [0.25, 0.3) is 0 Å². The summed E-state index contributed by atoms with van der Waals surface area (Å²) >= 11 is 7.92. The summed E-state index contributed by atoms with van der Waals surface area (Å²) in [7, 11) is -3.39. The molecule has 19 heteroatoms. The van der Waals surface area contributed by atoms with Gasteiger partial charge in [0.05, 0.1) is 35.6 Å². The third-order valence-corrected chi connectivity index (χ3v) is 15.8. The molecule has 4 N–H and O–H groups in total. The zero-order valence-corrected chi connectivity index (χ0v) is 42.8. The second-order valence-corrected chi connectivity index (χ2v) is 23.4. The fraction of sp³-hybridized carbons (Fsp3) is 0.431. The van der Waals surface area contributed by atoms with Crippen LogP contribution in [-0.4, -0.2) is 106 Å². The molecular formula is C51H59ClN8O8S2. The molecular weight excluding hydrogens is 952 g/mol. The van der Waals surface area contributed by atoms with Gasteiger partial charge in [-0.25, -0.2) is 8.42 Å². The number of nitrogens with zero attached hydrogens (tertiary/aromatic N) is 5. The molecule has 0 radical (unpaired) electrons. The number of carbonyl (C=O) groups is 4. The van der Waals surface area contributed by atoms with Crippen LogP contribution in [0.3, 0.4) is 0 Å². The number of fused-ring (bicyclic) bond motifs is 3. The van der Waals surface area contributed by atoms with Gasteiger partial charge in [-0.2, -0.15) is 0 Å². The summed E-state index contributed by atoms with van der Waals surface area (Å²) in [5.41, 5.74) is 4.42. The average Bonchev–Trinajstić information content (AvgIpc) is 3.94. The van der Waals surface area contributed by atoms with Crippen molar-refractivity contribution in [2.45, 2.75) is 128 Å². The summed E-state index contributed by atoms with van der Waals surface area (Å²) < 4.78 is 32.1. The number of aryl methyl sites for hydroxylation is 2. The molecule has 0 unspecified atom stereocenters. The molecule has 0 bridgehead atoms. The summed E-state index contributed by atoms with van der Waals surface area (Å²) in [5, 5.41) is 30.1. The van der Waals surface area contributed by atoms with Gasteiger partial charge in [0.2, 0.25) is 23.6 Å². The average molecular weight is 1010 g/mol. The molecule has 5 aromatic rings. The number of sulfone groups is 1. The lowest BCUT2D eigenvalue weighted by Crippen LogP contribution is -2.58. The summed E-state index contributed by atoms with van der Waals surface area (Å²) in [5.74, 6) is 0.460. The minimum absolute atomic E-state index is 0.0184. The highest BCUT2D eigenvalue weighted by molar-refractivity contribution is 7.90. The van der Waals surface area contributed by atoms with Gasteiger partial charge >= 0.3 is 0 Å². The van der Waals surface area contributed by atoms with Crippen molar-refractivity contribution in [3.8, 4) is 10.8 Å². The number of aliphatic imine (C=N–C) groups is 1. The van der Waals surface area contributed by atoms with Gasteiger partial charge in [-0.05, 0) is 86.2 Å². The molecule has 8 rings (SSSR count). The number of amides is 4. The van der Waals surface area contributed by atoms with Gasteiger partial charge in [-0.1, -0.05) is 68.8 Å². The fourth-order valence-corrected chi connectivity index (χ4v) is 11.1. The highest BCUT2D eigenvalue weighted by Gasteiger charge is 2.45. The molecule has 2 fully saturated rings. The Kier molecular flexibility index (Phi) is 14.4. The number of benzene rings is 3. The standard InChI is InChI=1S/C51H59ClN8O8S2/c1-27-29(3)69-50-44(27)45(33-11-15-34(52)16-12-33)55-40(47-58-57-30(4)60(47)50)25-43(63)54-35-22-38(23-35)68-37-17-9-31(10-18-37)21-42(62)56-46(51(5,6)7)49(65)59-26-36(61)24-41(59)48(64)53-28(2)32-13-19-39(20-14-32)70(8,66)67/h9-20,28,35-36,38,40-41,46,61H,21-26H2,1-8H3,(H,53,64)(H,54,63)(H,56,62)/t28-,35-,36-,38-,40+,41+,46-/m1/s1. The second kappa shape index (κ2) is 20.0. The molecule has 370 valence electrons. The molecule has 3 aromatic carbocycles. The topological polar surface area (TPSA) is 214 Å². The zero-order chi connectivity index (χ0) is 50.4. The van der Waals surface area contributed by atoms with Crippen molar-refractivity contribution in [2.75, 3.05) is 12.8 Å². The molecule has 3 aliphatic rings. The molecule has 1 aliphatic carbocycles. The van der Waals surface area contributed by atoms with Gasteiger partial charge in [0, 0.05) is 59.1 Å². The van der Waals surface area contributed by atoms with Gasteiger partial charge in [0.15, 0.2) is 15.7 Å². The Labute approximate surface area is 417 Å². The molecule has 4 amide bonds. The van der Waals surface area contributed by atoms with Gasteiger partial charge in [-0.15, -0.1) is 21.5 Å². The number of carbonyl (C=O) groups excluding carboxylic acids is 4. The highest BCUT2D eigenvalue weighted by Crippen LogP contribution is 2.40. The number of hydrogen-bond acceptors (Lipinski definition) is 12. The van der Waals surface area contributed by atoms with E-state index in [1.165, 1.54) is 17.0 Å². The van der Waals surface area contributed by atoms with Gasteiger partial charge in [-0.3, -0.25) is 28.7 Å². The Bertz CT molecular complexity index is 2940. The van der Waals surface area contributed by atoms with Crippen LogP contribution in [-0.2, 0) is 35.4 Å². The molecule has 1 saturated carbocycles. The van der Waals surface area contributed by atoms with Crippen LogP contribution in [0, 0.1) is 26.2 Å². The number of likely N-dealkylation sites (tertiary alicyclic amines) is 1. The quantitative estimate of drug-likeness (QED) is 0.0984. The molecule has 4 heterocycles. The molecule has 16 nitrogen and oxygen atoms in total. The van der Waals surface area contributed by atoms with Crippen molar-refractivity contribution in [3.05, 3.63) is 122 Å². The summed E-state index contributed by atoms with van der Waals surface area (Å²) in [4.78, 5) is 62.8. The number of rotatable bonds is 14. The van der Waals surface area contributed by atoms with E-state index in [2.05, 4.69) is 40.0 Å². The number of halogens is 1. The first-order chi connectivity index (χ1) is 33.0. The van der Waals surface area contributed by atoms with Crippen LogP contribution in [0.15, 0.2) is 82.7 Å².